The van der Waals surface area contributed by atoms with E-state index in [0.29, 0.717) is 6.54 Å². The van der Waals surface area contributed by atoms with Gasteiger partial charge in [0.25, 0.3) is 5.91 Å². The summed E-state index contributed by atoms with van der Waals surface area (Å²) in [5, 5.41) is 2.94. The van der Waals surface area contributed by atoms with Crippen molar-refractivity contribution in [2.45, 2.75) is 39.7 Å². The summed E-state index contributed by atoms with van der Waals surface area (Å²) in [5.41, 5.74) is 3.30. The highest BCUT2D eigenvalue weighted by Gasteiger charge is 2.15. The molecule has 0 aromatic heterocycles. The number of methoxy groups -OCH3 is 1. The summed E-state index contributed by atoms with van der Waals surface area (Å²) in [6.45, 7) is 6.37. The fraction of sp³-hybridized carbons (Fsp3) is 0.381. The Kier molecular flexibility index (Phi) is 6.87. The third-order valence-corrected chi connectivity index (χ3v) is 4.13. The van der Waals surface area contributed by atoms with Crippen LogP contribution in [0.25, 0.3) is 0 Å². The molecule has 0 saturated heterocycles. The van der Waals surface area contributed by atoms with Crippen LogP contribution in [0.4, 0.5) is 0 Å². The molecule has 0 aliphatic carbocycles. The number of benzene rings is 2. The molecule has 4 nitrogen and oxygen atoms in total. The zero-order valence-electron chi connectivity index (χ0n) is 15.5. The van der Waals surface area contributed by atoms with Crippen LogP contribution < -0.4 is 14.8 Å². The fourth-order valence-electron chi connectivity index (χ4n) is 2.62. The Morgan fingerprint density at radius 3 is 2.64 bits per heavy atom. The first-order valence-electron chi connectivity index (χ1n) is 8.64. The maximum Gasteiger partial charge on any atom is 0.260 e. The average molecular weight is 341 g/mol. The molecule has 134 valence electrons. The number of hydrogen-bond donors (Lipinski definition) is 1. The van der Waals surface area contributed by atoms with Crippen LogP contribution in [0.5, 0.6) is 11.5 Å². The van der Waals surface area contributed by atoms with Gasteiger partial charge in [0.05, 0.1) is 7.11 Å². The number of amides is 1. The Morgan fingerprint density at radius 2 is 1.88 bits per heavy atom. The van der Waals surface area contributed by atoms with Gasteiger partial charge < -0.3 is 14.8 Å². The molecule has 25 heavy (non-hydrogen) atoms. The lowest BCUT2D eigenvalue weighted by Crippen LogP contribution is -2.37. The quantitative estimate of drug-likeness (QED) is 0.742. The van der Waals surface area contributed by atoms with Crippen molar-refractivity contribution in [1.82, 2.24) is 5.32 Å². The zero-order chi connectivity index (χ0) is 18.2. The van der Waals surface area contributed by atoms with Crippen molar-refractivity contribution in [2.24, 2.45) is 0 Å². The lowest BCUT2D eigenvalue weighted by Gasteiger charge is -2.17. The second-order valence-corrected chi connectivity index (χ2v) is 6.24. The van der Waals surface area contributed by atoms with E-state index >= 15 is 0 Å². The summed E-state index contributed by atoms with van der Waals surface area (Å²) in [7, 11) is 1.67. The third kappa shape index (κ3) is 5.52. The first-order chi connectivity index (χ1) is 12.0. The van der Waals surface area contributed by atoms with E-state index in [9.17, 15) is 4.79 Å². The molecule has 2 rings (SSSR count). The first kappa shape index (κ1) is 18.8. The van der Waals surface area contributed by atoms with E-state index in [0.717, 1.165) is 41.0 Å². The Hall–Kier alpha value is -2.49. The molecule has 0 aliphatic rings. The van der Waals surface area contributed by atoms with Crippen LogP contribution in [-0.4, -0.2) is 25.7 Å². The summed E-state index contributed by atoms with van der Waals surface area (Å²) < 4.78 is 11.1. The van der Waals surface area contributed by atoms with E-state index in [2.05, 4.69) is 5.32 Å². The summed E-state index contributed by atoms with van der Waals surface area (Å²) in [5.74, 6) is 1.55. The van der Waals surface area contributed by atoms with Crippen LogP contribution in [-0.2, 0) is 11.2 Å². The summed E-state index contributed by atoms with van der Waals surface area (Å²) in [6.07, 6.45) is 1.19. The maximum absolute atomic E-state index is 12.2. The van der Waals surface area contributed by atoms with Gasteiger partial charge in [-0.25, -0.2) is 0 Å². The number of nitrogens with one attached hydrogen (secondary N) is 1. The second kappa shape index (κ2) is 9.11. The largest absolute Gasteiger partial charge is 0.496 e. The van der Waals surface area contributed by atoms with E-state index in [-0.39, 0.29) is 5.91 Å². The molecule has 2 aromatic rings. The van der Waals surface area contributed by atoms with Gasteiger partial charge in [0.2, 0.25) is 0 Å². The van der Waals surface area contributed by atoms with Gasteiger partial charge in [-0.05, 0) is 62.4 Å². The summed E-state index contributed by atoms with van der Waals surface area (Å²) >= 11 is 0. The van der Waals surface area contributed by atoms with E-state index in [1.165, 1.54) is 0 Å². The molecule has 1 atom stereocenters. The second-order valence-electron chi connectivity index (χ2n) is 6.24. The Balaban J connectivity index is 1.79. The molecule has 0 saturated carbocycles. The molecular weight excluding hydrogens is 314 g/mol. The number of aryl methyl sites for hydroxylation is 3. The molecule has 0 bridgehead atoms. The Labute approximate surface area is 150 Å². The van der Waals surface area contributed by atoms with E-state index in [1.54, 1.807) is 14.0 Å². The van der Waals surface area contributed by atoms with E-state index in [1.807, 2.05) is 56.3 Å². The third-order valence-electron chi connectivity index (χ3n) is 4.13. The Bertz CT molecular complexity index is 712. The SMILES string of the molecule is COc1ccccc1CCCNC(=O)[C@@H](C)Oc1cc(C)ccc1C. The van der Waals surface area contributed by atoms with Crippen LogP contribution in [0.3, 0.4) is 0 Å². The minimum atomic E-state index is -0.522. The fourth-order valence-corrected chi connectivity index (χ4v) is 2.62. The minimum absolute atomic E-state index is 0.0964. The highest BCUT2D eigenvalue weighted by Crippen LogP contribution is 2.21. The minimum Gasteiger partial charge on any atom is -0.496 e. The van der Waals surface area contributed by atoms with Crippen molar-refractivity contribution in [3.05, 3.63) is 59.2 Å². The molecule has 0 heterocycles. The van der Waals surface area contributed by atoms with Crippen LogP contribution in [0.2, 0.25) is 0 Å². The van der Waals surface area contributed by atoms with Crippen molar-refractivity contribution in [3.63, 3.8) is 0 Å². The van der Waals surface area contributed by atoms with Crippen LogP contribution in [0.1, 0.15) is 30.0 Å². The van der Waals surface area contributed by atoms with Gasteiger partial charge in [0, 0.05) is 6.54 Å². The van der Waals surface area contributed by atoms with Crippen molar-refractivity contribution >= 4 is 5.91 Å². The molecule has 0 radical (unpaired) electrons. The normalized spacial score (nSPS) is 11.7. The number of carbonyl (C=O) groups is 1. The number of para-hydroxylation sites is 1. The van der Waals surface area contributed by atoms with Gasteiger partial charge in [-0.3, -0.25) is 4.79 Å². The van der Waals surface area contributed by atoms with E-state index in [4.69, 9.17) is 9.47 Å². The molecule has 0 spiro atoms. The molecule has 2 aromatic carbocycles. The molecule has 1 N–H and O–H groups in total. The van der Waals surface area contributed by atoms with Crippen LogP contribution >= 0.6 is 0 Å². The topological polar surface area (TPSA) is 47.6 Å². The standard InChI is InChI=1S/C21H27NO3/c1-15-11-12-16(2)20(14-15)25-17(3)21(23)22-13-7-9-18-8-5-6-10-19(18)24-4/h5-6,8,10-12,14,17H,7,9,13H2,1-4H3,(H,22,23)/t17-/m1/s1. The van der Waals surface area contributed by atoms with Crippen LogP contribution in [0.15, 0.2) is 42.5 Å². The van der Waals surface area contributed by atoms with Crippen LogP contribution in [0, 0.1) is 13.8 Å². The predicted molar refractivity (Wildman–Crippen MR) is 100 cm³/mol. The number of rotatable bonds is 8. The number of carbonyl (C=O) groups excluding carboxylic acids is 1. The average Bonchev–Trinajstić information content (AvgIpc) is 2.61. The number of ether oxygens (including phenoxy) is 2. The molecule has 1 amide bonds. The molecule has 0 fully saturated rings. The monoisotopic (exact) mass is 341 g/mol. The van der Waals surface area contributed by atoms with Crippen molar-refractivity contribution < 1.29 is 14.3 Å². The smallest absolute Gasteiger partial charge is 0.260 e. The lowest BCUT2D eigenvalue weighted by molar-refractivity contribution is -0.127. The van der Waals surface area contributed by atoms with Gasteiger partial charge in [0.15, 0.2) is 6.10 Å². The number of hydrogen-bond acceptors (Lipinski definition) is 3. The van der Waals surface area contributed by atoms with E-state index < -0.39 is 6.10 Å². The molecule has 4 heteroatoms. The highest BCUT2D eigenvalue weighted by atomic mass is 16.5. The highest BCUT2D eigenvalue weighted by molar-refractivity contribution is 5.80. The van der Waals surface area contributed by atoms with Gasteiger partial charge in [-0.1, -0.05) is 30.3 Å². The lowest BCUT2D eigenvalue weighted by atomic mass is 10.1. The zero-order valence-corrected chi connectivity index (χ0v) is 15.5. The summed E-state index contributed by atoms with van der Waals surface area (Å²) in [6, 6.07) is 13.9. The van der Waals surface area contributed by atoms with Crippen molar-refractivity contribution in [2.75, 3.05) is 13.7 Å². The molecular formula is C21H27NO3. The van der Waals surface area contributed by atoms with Crippen molar-refractivity contribution in [3.8, 4) is 11.5 Å². The van der Waals surface area contributed by atoms with Gasteiger partial charge in [-0.15, -0.1) is 0 Å². The van der Waals surface area contributed by atoms with Crippen molar-refractivity contribution in [1.29, 1.82) is 0 Å². The van der Waals surface area contributed by atoms with Gasteiger partial charge in [0.1, 0.15) is 11.5 Å². The van der Waals surface area contributed by atoms with Gasteiger partial charge in [-0.2, -0.15) is 0 Å². The Morgan fingerprint density at radius 1 is 1.12 bits per heavy atom. The molecule has 0 unspecified atom stereocenters. The maximum atomic E-state index is 12.2. The van der Waals surface area contributed by atoms with Gasteiger partial charge >= 0.3 is 0 Å². The molecule has 0 aliphatic heterocycles. The first-order valence-corrected chi connectivity index (χ1v) is 8.64. The predicted octanol–water partition coefficient (Wildman–Crippen LogP) is 3.83. The summed E-state index contributed by atoms with van der Waals surface area (Å²) in [4.78, 5) is 12.2.